The molecule has 0 radical (unpaired) electrons. The van der Waals surface area contributed by atoms with Gasteiger partial charge in [-0.3, -0.25) is 0 Å². The highest BCUT2D eigenvalue weighted by molar-refractivity contribution is 7.89. The Morgan fingerprint density at radius 2 is 2.00 bits per heavy atom. The first-order chi connectivity index (χ1) is 11.0. The summed E-state index contributed by atoms with van der Waals surface area (Å²) in [7, 11) is -3.66. The van der Waals surface area contributed by atoms with Gasteiger partial charge in [0.05, 0.1) is 4.90 Å². The van der Waals surface area contributed by atoms with Crippen LogP contribution in [0.15, 0.2) is 47.4 Å². The van der Waals surface area contributed by atoms with Gasteiger partial charge in [-0.25, -0.2) is 13.6 Å². The fourth-order valence-corrected chi connectivity index (χ4v) is 4.95. The first-order valence-corrected chi connectivity index (χ1v) is 9.83. The Kier molecular flexibility index (Phi) is 3.58. The first kappa shape index (κ1) is 15.0. The van der Waals surface area contributed by atoms with Gasteiger partial charge in [0.1, 0.15) is 0 Å². The number of nitrogens with one attached hydrogen (secondary N) is 1. The van der Waals surface area contributed by atoms with Crippen molar-refractivity contribution in [1.82, 2.24) is 0 Å². The summed E-state index contributed by atoms with van der Waals surface area (Å²) in [6.07, 6.45) is 13.6. The van der Waals surface area contributed by atoms with Gasteiger partial charge in [-0.1, -0.05) is 24.3 Å². The van der Waals surface area contributed by atoms with E-state index in [1.54, 1.807) is 12.1 Å². The van der Waals surface area contributed by atoms with Crippen LogP contribution in [0.2, 0.25) is 0 Å². The molecule has 0 fully saturated rings. The molecule has 3 N–H and O–H groups in total. The maximum atomic E-state index is 11.7. The van der Waals surface area contributed by atoms with E-state index in [-0.39, 0.29) is 4.90 Å². The second-order valence-corrected chi connectivity index (χ2v) is 8.42. The summed E-state index contributed by atoms with van der Waals surface area (Å²) in [5.74, 6) is 1.46. The van der Waals surface area contributed by atoms with Gasteiger partial charge in [0.25, 0.3) is 0 Å². The third-order valence-electron chi connectivity index (χ3n) is 5.52. The van der Waals surface area contributed by atoms with Crippen molar-refractivity contribution in [2.75, 3.05) is 5.32 Å². The van der Waals surface area contributed by atoms with Crippen LogP contribution in [0.1, 0.15) is 37.2 Å². The number of primary sulfonamides is 1. The summed E-state index contributed by atoms with van der Waals surface area (Å²) in [5.41, 5.74) is 2.13. The van der Waals surface area contributed by atoms with Crippen molar-refractivity contribution in [2.24, 2.45) is 17.0 Å². The summed E-state index contributed by atoms with van der Waals surface area (Å²) in [4.78, 5) is 0.205. The molecule has 0 amide bonds. The Morgan fingerprint density at radius 3 is 2.74 bits per heavy atom. The van der Waals surface area contributed by atoms with Crippen molar-refractivity contribution in [2.45, 2.75) is 42.5 Å². The van der Waals surface area contributed by atoms with Gasteiger partial charge in [-0.15, -0.1) is 0 Å². The molecule has 1 aliphatic heterocycles. The maximum Gasteiger partial charge on any atom is 0.238 e. The minimum atomic E-state index is -3.66. The predicted octanol–water partition coefficient (Wildman–Crippen LogP) is 3.14. The van der Waals surface area contributed by atoms with Crippen molar-refractivity contribution in [3.63, 3.8) is 0 Å². The standard InChI is InChI=1S/C18H22N2O2S/c19-23(21,22)13-9-10-17-16(11-13)14-7-4-8-15(14)18(20-17)12-5-2-1-3-6-12/h1-2,4,7,9-12,14-15,18,20H,3,5-6,8H2,(H2,19,21,22)/t12-,14-,15+,18-/m0/s1. The van der Waals surface area contributed by atoms with Crippen molar-refractivity contribution in [3.05, 3.63) is 48.1 Å². The Labute approximate surface area is 137 Å². The van der Waals surface area contributed by atoms with E-state index in [9.17, 15) is 8.42 Å². The number of hydrogen-bond donors (Lipinski definition) is 2. The summed E-state index contributed by atoms with van der Waals surface area (Å²) in [5, 5.41) is 9.00. The molecule has 4 rings (SSSR count). The number of rotatable bonds is 2. The Balaban J connectivity index is 1.73. The Morgan fingerprint density at radius 1 is 1.13 bits per heavy atom. The van der Waals surface area contributed by atoms with Crippen LogP contribution in [0, 0.1) is 11.8 Å². The van der Waals surface area contributed by atoms with Crippen LogP contribution in [-0.4, -0.2) is 14.5 Å². The number of sulfonamides is 1. The van der Waals surface area contributed by atoms with Crippen molar-refractivity contribution in [3.8, 4) is 0 Å². The van der Waals surface area contributed by atoms with E-state index in [4.69, 9.17) is 5.14 Å². The molecular weight excluding hydrogens is 308 g/mol. The number of benzene rings is 1. The van der Waals surface area contributed by atoms with E-state index in [0.717, 1.165) is 30.5 Å². The van der Waals surface area contributed by atoms with E-state index in [0.29, 0.717) is 23.8 Å². The second kappa shape index (κ2) is 5.49. The minimum absolute atomic E-state index is 0.205. The molecular formula is C18H22N2O2S. The van der Waals surface area contributed by atoms with Crippen LogP contribution in [0.25, 0.3) is 0 Å². The maximum absolute atomic E-state index is 11.7. The van der Waals surface area contributed by atoms with Crippen LogP contribution in [0.4, 0.5) is 5.69 Å². The third kappa shape index (κ3) is 2.62. The second-order valence-electron chi connectivity index (χ2n) is 6.86. The Hall–Kier alpha value is -1.59. The zero-order valence-corrected chi connectivity index (χ0v) is 13.8. The zero-order chi connectivity index (χ0) is 16.0. The average Bonchev–Trinajstić information content (AvgIpc) is 3.03. The van der Waals surface area contributed by atoms with Crippen LogP contribution in [-0.2, 0) is 10.0 Å². The highest BCUT2D eigenvalue weighted by atomic mass is 32.2. The average molecular weight is 330 g/mol. The molecule has 23 heavy (non-hydrogen) atoms. The molecule has 2 aliphatic carbocycles. The lowest BCUT2D eigenvalue weighted by Crippen LogP contribution is -2.41. The molecule has 1 aromatic carbocycles. The van der Waals surface area contributed by atoms with Crippen molar-refractivity contribution >= 4 is 15.7 Å². The number of nitrogens with two attached hydrogens (primary N) is 1. The lowest BCUT2D eigenvalue weighted by molar-refractivity contribution is 0.294. The van der Waals surface area contributed by atoms with Gasteiger partial charge in [-0.2, -0.15) is 0 Å². The van der Waals surface area contributed by atoms with Crippen LogP contribution in [0.3, 0.4) is 0 Å². The molecule has 4 atom stereocenters. The van der Waals surface area contributed by atoms with Gasteiger partial charge in [-0.05, 0) is 61.3 Å². The van der Waals surface area contributed by atoms with E-state index in [1.807, 2.05) is 6.07 Å². The van der Waals surface area contributed by atoms with E-state index in [2.05, 4.69) is 29.6 Å². The summed E-state index contributed by atoms with van der Waals surface area (Å²) in [6.45, 7) is 0. The van der Waals surface area contributed by atoms with E-state index >= 15 is 0 Å². The number of hydrogen-bond acceptors (Lipinski definition) is 3. The summed E-state index contributed by atoms with van der Waals surface area (Å²) < 4.78 is 23.3. The van der Waals surface area contributed by atoms with Gasteiger partial charge in [0.15, 0.2) is 0 Å². The number of anilines is 1. The first-order valence-electron chi connectivity index (χ1n) is 8.29. The molecule has 3 aliphatic rings. The SMILES string of the molecule is NS(=O)(=O)c1ccc2c(c1)[C@H]1C=CC[C@H]1[C@H]([C@H]1CC=CCC1)N2. The molecule has 5 heteroatoms. The molecule has 0 saturated heterocycles. The van der Waals surface area contributed by atoms with Crippen LogP contribution < -0.4 is 10.5 Å². The molecule has 0 bridgehead atoms. The largest absolute Gasteiger partial charge is 0.381 e. The van der Waals surface area contributed by atoms with E-state index in [1.165, 1.54) is 6.42 Å². The van der Waals surface area contributed by atoms with Gasteiger partial charge >= 0.3 is 0 Å². The normalized spacial score (nSPS) is 32.2. The summed E-state index contributed by atoms with van der Waals surface area (Å²) >= 11 is 0. The third-order valence-corrected chi connectivity index (χ3v) is 6.44. The molecule has 1 heterocycles. The van der Waals surface area contributed by atoms with Gasteiger partial charge < -0.3 is 5.32 Å². The fourth-order valence-electron chi connectivity index (χ4n) is 4.40. The van der Waals surface area contributed by atoms with Crippen molar-refractivity contribution in [1.29, 1.82) is 0 Å². The topological polar surface area (TPSA) is 72.2 Å². The molecule has 0 saturated carbocycles. The number of fused-ring (bicyclic) bond motifs is 3. The fraction of sp³-hybridized carbons (Fsp3) is 0.444. The monoisotopic (exact) mass is 330 g/mol. The highest BCUT2D eigenvalue weighted by Crippen LogP contribution is 2.48. The minimum Gasteiger partial charge on any atom is -0.381 e. The lowest BCUT2D eigenvalue weighted by atomic mass is 9.72. The van der Waals surface area contributed by atoms with Gasteiger partial charge in [0.2, 0.25) is 10.0 Å². The number of allylic oxidation sites excluding steroid dienone is 4. The molecule has 0 spiro atoms. The summed E-state index contributed by atoms with van der Waals surface area (Å²) in [6, 6.07) is 5.69. The van der Waals surface area contributed by atoms with Gasteiger partial charge in [0, 0.05) is 17.6 Å². The predicted molar refractivity (Wildman–Crippen MR) is 91.7 cm³/mol. The molecule has 0 unspecified atom stereocenters. The van der Waals surface area contributed by atoms with Crippen molar-refractivity contribution < 1.29 is 8.42 Å². The smallest absolute Gasteiger partial charge is 0.238 e. The molecule has 4 nitrogen and oxygen atoms in total. The van der Waals surface area contributed by atoms with E-state index < -0.39 is 10.0 Å². The molecule has 122 valence electrons. The molecule has 0 aromatic heterocycles. The lowest BCUT2D eigenvalue weighted by Gasteiger charge is -2.42. The quantitative estimate of drug-likeness (QED) is 0.818. The van der Waals surface area contributed by atoms with Crippen LogP contribution in [0.5, 0.6) is 0 Å². The molecule has 1 aromatic rings. The van der Waals surface area contributed by atoms with Crippen LogP contribution >= 0.6 is 0 Å². The highest BCUT2D eigenvalue weighted by Gasteiger charge is 2.40. The zero-order valence-electron chi connectivity index (χ0n) is 13.0. The Bertz CT molecular complexity index is 782.